The minimum atomic E-state index is -0.490. The van der Waals surface area contributed by atoms with Crippen LogP contribution in [0.2, 0.25) is 0 Å². The van der Waals surface area contributed by atoms with Gasteiger partial charge < -0.3 is 14.7 Å². The van der Waals surface area contributed by atoms with Gasteiger partial charge in [0.1, 0.15) is 22.1 Å². The molecule has 5 nitrogen and oxygen atoms in total. The zero-order valence-corrected chi connectivity index (χ0v) is 18.6. The summed E-state index contributed by atoms with van der Waals surface area (Å²) < 4.78 is 18.5. The smallest absolute Gasteiger partial charge is 0.341 e. The van der Waals surface area contributed by atoms with Crippen LogP contribution in [0.25, 0.3) is 11.1 Å². The third kappa shape index (κ3) is 5.11. The number of nitrogens with zero attached hydrogens (tertiary/aromatic N) is 2. The van der Waals surface area contributed by atoms with Crippen LogP contribution in [-0.2, 0) is 4.74 Å². The molecule has 7 heteroatoms. The lowest BCUT2D eigenvalue weighted by Gasteiger charge is -2.21. The summed E-state index contributed by atoms with van der Waals surface area (Å²) in [5.41, 5.74) is 3.14. The molecule has 0 amide bonds. The van der Waals surface area contributed by atoms with Gasteiger partial charge in [0.25, 0.3) is 0 Å². The number of hydrogen-bond acceptors (Lipinski definition) is 6. The number of carbonyl (C=O) groups is 1. The topological polar surface area (TPSA) is 62.1 Å². The number of phenols is 1. The number of ether oxygens (including phenoxy) is 1. The van der Waals surface area contributed by atoms with Crippen LogP contribution in [0.3, 0.4) is 0 Å². The Morgan fingerprint density at radius 3 is 2.48 bits per heavy atom. The molecule has 3 aromatic rings. The van der Waals surface area contributed by atoms with Crippen LogP contribution in [0, 0.1) is 5.82 Å². The van der Waals surface area contributed by atoms with Crippen molar-refractivity contribution in [1.29, 1.82) is 0 Å². The SMILES string of the molecule is CCOC(=O)c1c(-c2ccc(F)cc2)csc1N=Cc1ccc(N(CC)CC)cc1O. The highest BCUT2D eigenvalue weighted by Crippen LogP contribution is 2.38. The van der Waals surface area contributed by atoms with Crippen molar-refractivity contribution in [3.8, 4) is 16.9 Å². The second-order valence-corrected chi connectivity index (χ2v) is 7.59. The predicted octanol–water partition coefficient (Wildman–Crippen LogP) is 6.03. The van der Waals surface area contributed by atoms with Crippen molar-refractivity contribution in [2.24, 2.45) is 4.99 Å². The van der Waals surface area contributed by atoms with Gasteiger partial charge in [0, 0.05) is 47.6 Å². The van der Waals surface area contributed by atoms with Crippen molar-refractivity contribution in [3.63, 3.8) is 0 Å². The van der Waals surface area contributed by atoms with Gasteiger partial charge in [0.15, 0.2) is 0 Å². The quantitative estimate of drug-likeness (QED) is 0.343. The molecule has 0 fully saturated rings. The van der Waals surface area contributed by atoms with E-state index in [9.17, 15) is 14.3 Å². The minimum absolute atomic E-state index is 0.112. The lowest BCUT2D eigenvalue weighted by atomic mass is 10.0. The first-order chi connectivity index (χ1) is 15.0. The number of anilines is 1. The van der Waals surface area contributed by atoms with Crippen molar-refractivity contribution in [3.05, 3.63) is 64.8 Å². The van der Waals surface area contributed by atoms with E-state index in [0.29, 0.717) is 27.3 Å². The maximum atomic E-state index is 13.3. The van der Waals surface area contributed by atoms with Gasteiger partial charge in [-0.3, -0.25) is 0 Å². The predicted molar refractivity (Wildman–Crippen MR) is 125 cm³/mol. The van der Waals surface area contributed by atoms with Crippen LogP contribution in [0.15, 0.2) is 52.8 Å². The van der Waals surface area contributed by atoms with Crippen LogP contribution in [0.4, 0.5) is 15.1 Å². The minimum Gasteiger partial charge on any atom is -0.507 e. The van der Waals surface area contributed by atoms with Gasteiger partial charge in [-0.1, -0.05) is 12.1 Å². The summed E-state index contributed by atoms with van der Waals surface area (Å²) in [6.07, 6.45) is 1.53. The first-order valence-electron chi connectivity index (χ1n) is 10.1. The van der Waals surface area contributed by atoms with Crippen molar-refractivity contribution in [2.75, 3.05) is 24.6 Å². The fourth-order valence-corrected chi connectivity index (χ4v) is 4.15. The van der Waals surface area contributed by atoms with E-state index in [0.717, 1.165) is 18.8 Å². The average molecular weight is 441 g/mol. The van der Waals surface area contributed by atoms with E-state index in [1.54, 1.807) is 36.6 Å². The summed E-state index contributed by atoms with van der Waals surface area (Å²) in [6.45, 7) is 7.76. The molecule has 0 unspecified atom stereocenters. The fraction of sp³-hybridized carbons (Fsp3) is 0.250. The number of rotatable bonds is 8. The van der Waals surface area contributed by atoms with Gasteiger partial charge in [0.05, 0.1) is 6.61 Å². The Bertz CT molecular complexity index is 1070. The number of benzene rings is 2. The lowest BCUT2D eigenvalue weighted by Crippen LogP contribution is -2.21. The number of carbonyl (C=O) groups excluding carboxylic acids is 1. The molecule has 0 saturated carbocycles. The van der Waals surface area contributed by atoms with Gasteiger partial charge in [-0.25, -0.2) is 14.2 Å². The summed E-state index contributed by atoms with van der Waals surface area (Å²) in [7, 11) is 0. The number of thiophene rings is 1. The number of hydrogen-bond donors (Lipinski definition) is 1. The summed E-state index contributed by atoms with van der Waals surface area (Å²) in [5.74, 6) is -0.726. The Kier molecular flexibility index (Phi) is 7.41. The highest BCUT2D eigenvalue weighted by Gasteiger charge is 2.21. The number of esters is 1. The van der Waals surface area contributed by atoms with Gasteiger partial charge in [-0.2, -0.15) is 0 Å². The van der Waals surface area contributed by atoms with Gasteiger partial charge in [-0.05, 0) is 50.6 Å². The van der Waals surface area contributed by atoms with Crippen LogP contribution >= 0.6 is 11.3 Å². The largest absolute Gasteiger partial charge is 0.507 e. The molecule has 3 rings (SSSR count). The second kappa shape index (κ2) is 10.2. The monoisotopic (exact) mass is 440 g/mol. The summed E-state index contributed by atoms with van der Waals surface area (Å²) in [5, 5.41) is 12.7. The molecule has 0 aliphatic heterocycles. The second-order valence-electron chi connectivity index (χ2n) is 6.73. The number of aromatic hydroxyl groups is 1. The molecular formula is C24H25FN2O3S. The van der Waals surface area contributed by atoms with E-state index >= 15 is 0 Å². The molecule has 31 heavy (non-hydrogen) atoms. The van der Waals surface area contributed by atoms with Crippen LogP contribution < -0.4 is 4.90 Å². The average Bonchev–Trinajstić information content (AvgIpc) is 3.19. The number of aliphatic imine (C=N–C) groups is 1. The van der Waals surface area contributed by atoms with Gasteiger partial charge in [-0.15, -0.1) is 11.3 Å². The molecule has 0 radical (unpaired) electrons. The van der Waals surface area contributed by atoms with Crippen molar-refractivity contribution in [1.82, 2.24) is 0 Å². The Morgan fingerprint density at radius 1 is 1.16 bits per heavy atom. The summed E-state index contributed by atoms with van der Waals surface area (Å²) in [6, 6.07) is 11.4. The maximum Gasteiger partial charge on any atom is 0.341 e. The third-order valence-electron chi connectivity index (χ3n) is 4.87. The molecule has 0 spiro atoms. The molecule has 0 bridgehead atoms. The molecule has 0 aliphatic rings. The highest BCUT2D eigenvalue weighted by molar-refractivity contribution is 7.14. The number of halogens is 1. The van der Waals surface area contributed by atoms with Gasteiger partial charge >= 0.3 is 5.97 Å². The highest BCUT2D eigenvalue weighted by atomic mass is 32.1. The van der Waals surface area contributed by atoms with E-state index in [2.05, 4.69) is 23.7 Å². The molecule has 1 N–H and O–H groups in total. The molecule has 0 saturated heterocycles. The molecule has 1 aromatic heterocycles. The molecule has 2 aromatic carbocycles. The van der Waals surface area contributed by atoms with E-state index in [1.807, 2.05) is 6.07 Å². The first kappa shape index (κ1) is 22.5. The Morgan fingerprint density at radius 2 is 1.87 bits per heavy atom. The molecule has 1 heterocycles. The molecular weight excluding hydrogens is 415 g/mol. The third-order valence-corrected chi connectivity index (χ3v) is 5.76. The zero-order chi connectivity index (χ0) is 22.4. The summed E-state index contributed by atoms with van der Waals surface area (Å²) in [4.78, 5) is 19.2. The molecule has 0 atom stereocenters. The van der Waals surface area contributed by atoms with Crippen molar-refractivity contribution in [2.45, 2.75) is 20.8 Å². The van der Waals surface area contributed by atoms with Crippen LogP contribution in [0.1, 0.15) is 36.7 Å². The van der Waals surface area contributed by atoms with Gasteiger partial charge in [0.2, 0.25) is 0 Å². The first-order valence-corrected chi connectivity index (χ1v) is 11.0. The Hall–Kier alpha value is -3.19. The standard InChI is InChI=1S/C24H25FN2O3S/c1-4-27(5-2)19-12-9-17(21(28)13-19)14-26-23-22(24(29)30-6-3)20(15-31-23)16-7-10-18(25)11-8-16/h7-15,28H,4-6H2,1-3H3. The molecule has 0 aliphatic carbocycles. The normalized spacial score (nSPS) is 11.1. The summed E-state index contributed by atoms with van der Waals surface area (Å²) >= 11 is 1.29. The Balaban J connectivity index is 1.96. The van der Waals surface area contributed by atoms with Crippen LogP contribution in [0.5, 0.6) is 5.75 Å². The van der Waals surface area contributed by atoms with Crippen molar-refractivity contribution < 1.29 is 19.0 Å². The van der Waals surface area contributed by atoms with E-state index in [1.165, 1.54) is 29.7 Å². The van der Waals surface area contributed by atoms with E-state index in [-0.39, 0.29) is 18.2 Å². The zero-order valence-electron chi connectivity index (χ0n) is 17.8. The number of phenolic OH excluding ortho intramolecular Hbond substituents is 1. The van der Waals surface area contributed by atoms with E-state index in [4.69, 9.17) is 4.74 Å². The van der Waals surface area contributed by atoms with Crippen LogP contribution in [-0.4, -0.2) is 37.0 Å². The maximum absolute atomic E-state index is 13.3. The fourth-order valence-electron chi connectivity index (χ4n) is 3.24. The Labute approximate surface area is 185 Å². The molecule has 162 valence electrons. The van der Waals surface area contributed by atoms with Crippen molar-refractivity contribution >= 4 is 34.2 Å². The van der Waals surface area contributed by atoms with E-state index < -0.39 is 5.97 Å². The lowest BCUT2D eigenvalue weighted by molar-refractivity contribution is 0.0529.